The molecule has 1 aliphatic heterocycles. The first kappa shape index (κ1) is 22.6. The van der Waals surface area contributed by atoms with Crippen LogP contribution in [0.15, 0.2) is 54.1 Å². The van der Waals surface area contributed by atoms with Crippen molar-refractivity contribution in [3.8, 4) is 5.75 Å². The Morgan fingerprint density at radius 3 is 2.29 bits per heavy atom. The molecule has 1 N–H and O–H groups in total. The van der Waals surface area contributed by atoms with Crippen LogP contribution in [-0.4, -0.2) is 60.4 Å². The average Bonchev–Trinajstić information content (AvgIpc) is 2.99. The summed E-state index contributed by atoms with van der Waals surface area (Å²) < 4.78 is 5.52. The van der Waals surface area contributed by atoms with Crippen LogP contribution in [0.2, 0.25) is 0 Å². The van der Waals surface area contributed by atoms with E-state index in [1.165, 1.54) is 0 Å². The van der Waals surface area contributed by atoms with Gasteiger partial charge in [-0.2, -0.15) is 0 Å². The summed E-state index contributed by atoms with van der Waals surface area (Å²) in [5.41, 5.74) is 2.46. The van der Waals surface area contributed by atoms with Gasteiger partial charge in [-0.3, -0.25) is 9.59 Å². The van der Waals surface area contributed by atoms with E-state index in [2.05, 4.69) is 0 Å². The second kappa shape index (κ2) is 9.79. The minimum atomic E-state index is -0.651. The molecule has 6 nitrogen and oxygen atoms in total. The van der Waals surface area contributed by atoms with E-state index in [9.17, 15) is 14.7 Å². The molecule has 6 heteroatoms. The maximum Gasteiger partial charge on any atom is 0.295 e. The first-order valence-corrected chi connectivity index (χ1v) is 10.6. The Balaban J connectivity index is 2.05. The fourth-order valence-corrected chi connectivity index (χ4v) is 3.79. The summed E-state index contributed by atoms with van der Waals surface area (Å²) in [4.78, 5) is 29.5. The molecule has 164 valence electrons. The van der Waals surface area contributed by atoms with Gasteiger partial charge in [-0.25, -0.2) is 0 Å². The van der Waals surface area contributed by atoms with Crippen LogP contribution in [0, 0.1) is 6.92 Å². The Hall–Kier alpha value is -3.12. The highest BCUT2D eigenvalue weighted by Crippen LogP contribution is 2.39. The Kier molecular flexibility index (Phi) is 7.13. The summed E-state index contributed by atoms with van der Waals surface area (Å²) in [6.45, 7) is 5.63. The van der Waals surface area contributed by atoms with Crippen LogP contribution in [0.4, 0.5) is 0 Å². The molecule has 1 heterocycles. The van der Waals surface area contributed by atoms with Crippen molar-refractivity contribution < 1.29 is 19.4 Å². The Labute approximate surface area is 183 Å². The molecule has 1 saturated heterocycles. The predicted octanol–water partition coefficient (Wildman–Crippen LogP) is 3.77. The molecule has 0 aliphatic carbocycles. The molecule has 1 amide bonds. The van der Waals surface area contributed by atoms with Gasteiger partial charge in [-0.15, -0.1) is 0 Å². The van der Waals surface area contributed by atoms with Crippen molar-refractivity contribution in [1.29, 1.82) is 0 Å². The van der Waals surface area contributed by atoms with Crippen molar-refractivity contribution >= 4 is 17.4 Å². The van der Waals surface area contributed by atoms with Gasteiger partial charge in [0.2, 0.25) is 0 Å². The molecule has 1 fully saturated rings. The summed E-state index contributed by atoms with van der Waals surface area (Å²) in [7, 11) is 3.94. The predicted molar refractivity (Wildman–Crippen MR) is 121 cm³/mol. The van der Waals surface area contributed by atoms with E-state index in [4.69, 9.17) is 4.74 Å². The Morgan fingerprint density at radius 1 is 1.06 bits per heavy atom. The third-order valence-corrected chi connectivity index (χ3v) is 5.38. The van der Waals surface area contributed by atoms with Crippen molar-refractivity contribution in [3.63, 3.8) is 0 Å². The van der Waals surface area contributed by atoms with Crippen LogP contribution < -0.4 is 4.74 Å². The second-order valence-corrected chi connectivity index (χ2v) is 8.02. The summed E-state index contributed by atoms with van der Waals surface area (Å²) in [6, 6.07) is 14.0. The number of nitrogens with zero attached hydrogens (tertiary/aromatic N) is 2. The van der Waals surface area contributed by atoms with Gasteiger partial charge in [0.1, 0.15) is 11.5 Å². The zero-order valence-electron chi connectivity index (χ0n) is 18.6. The lowest BCUT2D eigenvalue weighted by molar-refractivity contribution is -0.139. The van der Waals surface area contributed by atoms with Crippen LogP contribution in [0.1, 0.15) is 36.1 Å². The number of carbonyl (C=O) groups is 2. The van der Waals surface area contributed by atoms with E-state index in [0.29, 0.717) is 24.5 Å². The van der Waals surface area contributed by atoms with Crippen LogP contribution >= 0.6 is 0 Å². The molecule has 31 heavy (non-hydrogen) atoms. The number of carbonyl (C=O) groups excluding carboxylic acids is 2. The highest BCUT2D eigenvalue weighted by molar-refractivity contribution is 6.46. The van der Waals surface area contributed by atoms with Gasteiger partial charge >= 0.3 is 0 Å². The molecular formula is C25H30N2O4. The van der Waals surface area contributed by atoms with Crippen LogP contribution in [0.3, 0.4) is 0 Å². The number of ether oxygens (including phenoxy) is 1. The number of Topliss-reactive ketones (excluding diaryl/α,β-unsaturated/α-hetero) is 1. The lowest BCUT2D eigenvalue weighted by atomic mass is 9.95. The summed E-state index contributed by atoms with van der Waals surface area (Å²) >= 11 is 0. The first-order valence-electron chi connectivity index (χ1n) is 10.6. The van der Waals surface area contributed by atoms with Crippen molar-refractivity contribution in [1.82, 2.24) is 9.80 Å². The van der Waals surface area contributed by atoms with E-state index < -0.39 is 17.7 Å². The molecule has 2 aromatic rings. The third kappa shape index (κ3) is 4.97. The Morgan fingerprint density at radius 2 is 1.71 bits per heavy atom. The number of aliphatic hydroxyl groups is 1. The highest BCUT2D eigenvalue weighted by atomic mass is 16.5. The molecule has 1 aliphatic rings. The maximum atomic E-state index is 13.0. The molecule has 3 rings (SSSR count). The van der Waals surface area contributed by atoms with Crippen LogP contribution in [0.5, 0.6) is 5.75 Å². The lowest BCUT2D eigenvalue weighted by Gasteiger charge is -2.26. The molecule has 1 atom stereocenters. The van der Waals surface area contributed by atoms with Gasteiger partial charge in [0, 0.05) is 12.1 Å². The third-order valence-electron chi connectivity index (χ3n) is 5.38. The molecule has 0 spiro atoms. The van der Waals surface area contributed by atoms with Gasteiger partial charge in [-0.05, 0) is 58.6 Å². The van der Waals surface area contributed by atoms with Crippen molar-refractivity contribution in [3.05, 3.63) is 70.8 Å². The zero-order valence-corrected chi connectivity index (χ0v) is 18.6. The number of ketones is 1. The molecule has 0 unspecified atom stereocenters. The molecule has 0 aromatic heterocycles. The minimum Gasteiger partial charge on any atom is -0.507 e. The SMILES string of the molecule is CCOc1ccc([C@H]2C(=C(O)c3ccc(C)cc3)C(=O)C(=O)N2CCCN(C)C)cc1. The molecular weight excluding hydrogens is 392 g/mol. The van der Waals surface area contributed by atoms with E-state index in [-0.39, 0.29) is 11.3 Å². The quantitative estimate of drug-likeness (QED) is 0.398. The maximum absolute atomic E-state index is 13.0. The standard InChI is InChI=1S/C25H30N2O4/c1-5-31-20-13-11-18(12-14-20)22-21(23(28)19-9-7-17(2)8-10-19)24(29)25(30)27(22)16-6-15-26(3)4/h7-14,22,28H,5-6,15-16H2,1-4H3/t22-/m0/s1. The van der Waals surface area contributed by atoms with Gasteiger partial charge < -0.3 is 19.6 Å². The smallest absolute Gasteiger partial charge is 0.295 e. The second-order valence-electron chi connectivity index (χ2n) is 8.02. The van der Waals surface area contributed by atoms with Crippen molar-refractivity contribution in [2.45, 2.75) is 26.3 Å². The summed E-state index contributed by atoms with van der Waals surface area (Å²) in [6.07, 6.45) is 0.720. The monoisotopic (exact) mass is 422 g/mol. The normalized spacial score (nSPS) is 18.1. The first-order chi connectivity index (χ1) is 14.8. The number of likely N-dealkylation sites (tertiary alicyclic amines) is 1. The summed E-state index contributed by atoms with van der Waals surface area (Å²) in [5.74, 6) is -0.658. The van der Waals surface area contributed by atoms with E-state index in [1.54, 1.807) is 17.0 Å². The van der Waals surface area contributed by atoms with Gasteiger partial charge in [0.25, 0.3) is 11.7 Å². The van der Waals surface area contributed by atoms with Gasteiger partial charge in [0.15, 0.2) is 0 Å². The minimum absolute atomic E-state index is 0.128. The fourth-order valence-electron chi connectivity index (χ4n) is 3.79. The average molecular weight is 423 g/mol. The number of rotatable bonds is 8. The highest BCUT2D eigenvalue weighted by Gasteiger charge is 2.45. The Bertz CT molecular complexity index is 962. The van der Waals surface area contributed by atoms with E-state index in [0.717, 1.165) is 24.1 Å². The number of aryl methyl sites for hydroxylation is 1. The van der Waals surface area contributed by atoms with Crippen LogP contribution in [-0.2, 0) is 9.59 Å². The van der Waals surface area contributed by atoms with Crippen molar-refractivity contribution in [2.75, 3.05) is 33.8 Å². The fraction of sp³-hybridized carbons (Fsp3) is 0.360. The van der Waals surface area contributed by atoms with Crippen LogP contribution in [0.25, 0.3) is 5.76 Å². The number of benzene rings is 2. The molecule has 0 radical (unpaired) electrons. The largest absolute Gasteiger partial charge is 0.507 e. The lowest BCUT2D eigenvalue weighted by Crippen LogP contribution is -2.32. The molecule has 0 bridgehead atoms. The van der Waals surface area contributed by atoms with Gasteiger partial charge in [0.05, 0.1) is 18.2 Å². The van der Waals surface area contributed by atoms with Gasteiger partial charge in [-0.1, -0.05) is 42.0 Å². The number of aliphatic hydroxyl groups excluding tert-OH is 1. The van der Waals surface area contributed by atoms with E-state index in [1.807, 2.05) is 69.2 Å². The molecule has 0 saturated carbocycles. The number of hydrogen-bond donors (Lipinski definition) is 1. The topological polar surface area (TPSA) is 70.1 Å². The van der Waals surface area contributed by atoms with E-state index >= 15 is 0 Å². The molecule has 2 aromatic carbocycles. The number of amides is 1. The zero-order chi connectivity index (χ0) is 22.5. The number of hydrogen-bond acceptors (Lipinski definition) is 5. The summed E-state index contributed by atoms with van der Waals surface area (Å²) in [5, 5.41) is 11.0. The van der Waals surface area contributed by atoms with Crippen molar-refractivity contribution in [2.24, 2.45) is 0 Å².